The molecule has 0 bridgehead atoms. The fraction of sp³-hybridized carbons (Fsp3) is 0.222. The standard InChI is InChI=1S/C18H15NO5/c20-15-5-2-11-1-4-13(8-14(11)15)22-9-18(21)19-12-3-6-16-17(7-12)24-10-23-16/h1,3-4,6-8H,2,5,9-10H2,(H,19,21). The van der Waals surface area contributed by atoms with E-state index in [1.807, 2.05) is 6.07 Å². The third-order valence-electron chi connectivity index (χ3n) is 4.03. The molecule has 2 aromatic rings. The first-order valence-corrected chi connectivity index (χ1v) is 7.67. The first kappa shape index (κ1) is 14.6. The van der Waals surface area contributed by atoms with Gasteiger partial charge in [-0.2, -0.15) is 0 Å². The molecule has 24 heavy (non-hydrogen) atoms. The van der Waals surface area contributed by atoms with E-state index in [0.717, 1.165) is 12.0 Å². The van der Waals surface area contributed by atoms with Crippen LogP contribution in [0.15, 0.2) is 36.4 Å². The highest BCUT2D eigenvalue weighted by Crippen LogP contribution is 2.34. The van der Waals surface area contributed by atoms with E-state index in [4.69, 9.17) is 14.2 Å². The Labute approximate surface area is 138 Å². The molecular formula is C18H15NO5. The number of benzene rings is 2. The summed E-state index contributed by atoms with van der Waals surface area (Å²) in [7, 11) is 0. The molecule has 2 aliphatic rings. The van der Waals surface area contributed by atoms with Crippen molar-refractivity contribution in [2.24, 2.45) is 0 Å². The molecule has 1 N–H and O–H groups in total. The zero-order valence-electron chi connectivity index (χ0n) is 12.8. The molecule has 0 aromatic heterocycles. The summed E-state index contributed by atoms with van der Waals surface area (Å²) < 4.78 is 16.0. The summed E-state index contributed by atoms with van der Waals surface area (Å²) in [5.74, 6) is 1.61. The first-order valence-electron chi connectivity index (χ1n) is 7.67. The van der Waals surface area contributed by atoms with Gasteiger partial charge in [-0.25, -0.2) is 0 Å². The van der Waals surface area contributed by atoms with E-state index in [-0.39, 0.29) is 25.1 Å². The van der Waals surface area contributed by atoms with Crippen LogP contribution in [0, 0.1) is 0 Å². The summed E-state index contributed by atoms with van der Waals surface area (Å²) in [6.45, 7) is 0.0499. The molecule has 122 valence electrons. The molecule has 0 atom stereocenters. The second kappa shape index (κ2) is 5.88. The summed E-state index contributed by atoms with van der Waals surface area (Å²) in [5.41, 5.74) is 2.35. The molecule has 0 spiro atoms. The van der Waals surface area contributed by atoms with Crippen molar-refractivity contribution >= 4 is 17.4 Å². The van der Waals surface area contributed by atoms with Gasteiger partial charge < -0.3 is 19.5 Å². The Morgan fingerprint density at radius 2 is 1.96 bits per heavy atom. The maximum Gasteiger partial charge on any atom is 0.262 e. The van der Waals surface area contributed by atoms with Crippen LogP contribution in [-0.4, -0.2) is 25.1 Å². The van der Waals surface area contributed by atoms with E-state index < -0.39 is 0 Å². The van der Waals surface area contributed by atoms with Crippen molar-refractivity contribution in [3.8, 4) is 17.2 Å². The number of carbonyl (C=O) groups excluding carboxylic acids is 2. The number of aryl methyl sites for hydroxylation is 1. The summed E-state index contributed by atoms with van der Waals surface area (Å²) in [4.78, 5) is 23.7. The average molecular weight is 325 g/mol. The molecule has 1 heterocycles. The van der Waals surface area contributed by atoms with Crippen LogP contribution >= 0.6 is 0 Å². The van der Waals surface area contributed by atoms with Crippen molar-refractivity contribution in [3.63, 3.8) is 0 Å². The van der Waals surface area contributed by atoms with Gasteiger partial charge in [0.25, 0.3) is 5.91 Å². The molecular weight excluding hydrogens is 310 g/mol. The monoisotopic (exact) mass is 325 g/mol. The molecule has 2 aromatic carbocycles. The van der Waals surface area contributed by atoms with Gasteiger partial charge in [-0.1, -0.05) is 6.07 Å². The third kappa shape index (κ3) is 2.78. The van der Waals surface area contributed by atoms with Gasteiger partial charge in [0.05, 0.1) is 0 Å². The van der Waals surface area contributed by atoms with Crippen LogP contribution in [0.25, 0.3) is 0 Å². The number of ether oxygens (including phenoxy) is 3. The summed E-state index contributed by atoms with van der Waals surface area (Å²) >= 11 is 0. The molecule has 0 fully saturated rings. The van der Waals surface area contributed by atoms with Crippen molar-refractivity contribution in [1.29, 1.82) is 0 Å². The largest absolute Gasteiger partial charge is 0.484 e. The normalized spacial score (nSPS) is 14.4. The van der Waals surface area contributed by atoms with Crippen LogP contribution < -0.4 is 19.5 Å². The Morgan fingerprint density at radius 3 is 2.88 bits per heavy atom. The van der Waals surface area contributed by atoms with Gasteiger partial charge in [-0.15, -0.1) is 0 Å². The molecule has 0 radical (unpaired) electrons. The second-order valence-corrected chi connectivity index (χ2v) is 5.65. The number of amides is 1. The Kier molecular flexibility index (Phi) is 3.57. The second-order valence-electron chi connectivity index (χ2n) is 5.65. The molecule has 0 saturated heterocycles. The lowest BCUT2D eigenvalue weighted by atomic mass is 10.1. The van der Waals surface area contributed by atoms with Gasteiger partial charge in [-0.05, 0) is 36.2 Å². The lowest BCUT2D eigenvalue weighted by Gasteiger charge is -2.09. The van der Waals surface area contributed by atoms with Crippen molar-refractivity contribution in [1.82, 2.24) is 0 Å². The van der Waals surface area contributed by atoms with E-state index in [0.29, 0.717) is 34.9 Å². The van der Waals surface area contributed by atoms with Crippen molar-refractivity contribution in [2.75, 3.05) is 18.7 Å². The summed E-state index contributed by atoms with van der Waals surface area (Å²) in [6.07, 6.45) is 1.32. The molecule has 1 aliphatic heterocycles. The van der Waals surface area contributed by atoms with E-state index in [2.05, 4.69) is 5.32 Å². The molecule has 1 aliphatic carbocycles. The predicted molar refractivity (Wildman–Crippen MR) is 85.8 cm³/mol. The van der Waals surface area contributed by atoms with Crippen LogP contribution in [0.2, 0.25) is 0 Å². The van der Waals surface area contributed by atoms with Gasteiger partial charge in [0.15, 0.2) is 23.9 Å². The predicted octanol–water partition coefficient (Wildman–Crippen LogP) is 2.56. The number of carbonyl (C=O) groups is 2. The first-order chi connectivity index (χ1) is 11.7. The van der Waals surface area contributed by atoms with Crippen molar-refractivity contribution < 1.29 is 23.8 Å². The van der Waals surface area contributed by atoms with Crippen LogP contribution in [0.3, 0.4) is 0 Å². The van der Waals surface area contributed by atoms with E-state index in [9.17, 15) is 9.59 Å². The zero-order chi connectivity index (χ0) is 16.5. The minimum absolute atomic E-state index is 0.125. The van der Waals surface area contributed by atoms with E-state index in [1.165, 1.54) is 0 Å². The van der Waals surface area contributed by atoms with Crippen molar-refractivity contribution in [3.05, 3.63) is 47.5 Å². The van der Waals surface area contributed by atoms with Gasteiger partial charge in [0, 0.05) is 23.7 Å². The maximum atomic E-state index is 12.0. The van der Waals surface area contributed by atoms with E-state index >= 15 is 0 Å². The maximum absolute atomic E-state index is 12.0. The fourth-order valence-electron chi connectivity index (χ4n) is 2.83. The highest BCUT2D eigenvalue weighted by molar-refractivity contribution is 6.00. The lowest BCUT2D eigenvalue weighted by molar-refractivity contribution is -0.118. The Balaban J connectivity index is 1.37. The Bertz CT molecular complexity index is 830. The average Bonchev–Trinajstić information content (AvgIpc) is 3.19. The third-order valence-corrected chi connectivity index (χ3v) is 4.03. The van der Waals surface area contributed by atoms with Crippen LogP contribution in [-0.2, 0) is 11.2 Å². The fourth-order valence-corrected chi connectivity index (χ4v) is 2.83. The smallest absolute Gasteiger partial charge is 0.262 e. The number of hydrogen-bond donors (Lipinski definition) is 1. The summed E-state index contributed by atoms with van der Waals surface area (Å²) in [6, 6.07) is 10.5. The molecule has 0 unspecified atom stereocenters. The minimum Gasteiger partial charge on any atom is -0.484 e. The minimum atomic E-state index is -0.291. The molecule has 0 saturated carbocycles. The van der Waals surface area contributed by atoms with Gasteiger partial charge >= 0.3 is 0 Å². The Hall–Kier alpha value is -3.02. The molecule has 6 nitrogen and oxygen atoms in total. The Morgan fingerprint density at radius 1 is 1.08 bits per heavy atom. The number of rotatable bonds is 4. The molecule has 1 amide bonds. The number of hydrogen-bond acceptors (Lipinski definition) is 5. The SMILES string of the molecule is O=C(COc1ccc2c(c1)C(=O)CC2)Nc1ccc2c(c1)OCO2. The van der Waals surface area contributed by atoms with Gasteiger partial charge in [-0.3, -0.25) is 9.59 Å². The van der Waals surface area contributed by atoms with Gasteiger partial charge in [0.2, 0.25) is 6.79 Å². The van der Waals surface area contributed by atoms with Gasteiger partial charge in [0.1, 0.15) is 5.75 Å². The quantitative estimate of drug-likeness (QED) is 0.935. The highest BCUT2D eigenvalue weighted by atomic mass is 16.7. The number of Topliss-reactive ketones (excluding diaryl/α,β-unsaturated/α-hetero) is 1. The summed E-state index contributed by atoms with van der Waals surface area (Å²) in [5, 5.41) is 2.74. The van der Waals surface area contributed by atoms with Crippen molar-refractivity contribution in [2.45, 2.75) is 12.8 Å². The topological polar surface area (TPSA) is 73.9 Å². The number of fused-ring (bicyclic) bond motifs is 2. The highest BCUT2D eigenvalue weighted by Gasteiger charge is 2.20. The number of anilines is 1. The van der Waals surface area contributed by atoms with Crippen LogP contribution in [0.1, 0.15) is 22.3 Å². The van der Waals surface area contributed by atoms with Crippen LogP contribution in [0.4, 0.5) is 5.69 Å². The molecule has 4 rings (SSSR count). The number of ketones is 1. The molecule has 6 heteroatoms. The number of nitrogens with one attached hydrogen (secondary N) is 1. The van der Waals surface area contributed by atoms with Crippen LogP contribution in [0.5, 0.6) is 17.2 Å². The zero-order valence-corrected chi connectivity index (χ0v) is 12.8. The van der Waals surface area contributed by atoms with E-state index in [1.54, 1.807) is 30.3 Å². The lowest BCUT2D eigenvalue weighted by Crippen LogP contribution is -2.20.